The Kier molecular flexibility index (Phi) is 7.91. The molecule has 6 heteroatoms. The summed E-state index contributed by atoms with van der Waals surface area (Å²) in [6, 6.07) is 2.11. The Balaban J connectivity index is 2.73. The monoisotopic (exact) mass is 282 g/mol. The van der Waals surface area contributed by atoms with Gasteiger partial charge in [0.15, 0.2) is 5.82 Å². The molecular weight excluding hydrogens is 256 g/mol. The van der Waals surface area contributed by atoms with Crippen LogP contribution >= 0.6 is 0 Å². The van der Waals surface area contributed by atoms with Crippen molar-refractivity contribution in [3.63, 3.8) is 0 Å². The Morgan fingerprint density at radius 3 is 2.65 bits per heavy atom. The van der Waals surface area contributed by atoms with Crippen molar-refractivity contribution in [3.8, 4) is 0 Å². The van der Waals surface area contributed by atoms with Gasteiger partial charge in [0.1, 0.15) is 18.2 Å². The first-order chi connectivity index (χ1) is 9.69. The molecule has 0 bridgehead atoms. The van der Waals surface area contributed by atoms with Crippen LogP contribution in [-0.4, -0.2) is 42.9 Å². The van der Waals surface area contributed by atoms with Crippen molar-refractivity contribution in [2.24, 2.45) is 0 Å². The summed E-state index contributed by atoms with van der Waals surface area (Å²) < 4.78 is 10.5. The van der Waals surface area contributed by atoms with Crippen LogP contribution < -0.4 is 10.6 Å². The van der Waals surface area contributed by atoms with Gasteiger partial charge < -0.3 is 20.1 Å². The summed E-state index contributed by atoms with van der Waals surface area (Å²) in [7, 11) is 1.64. The quantitative estimate of drug-likeness (QED) is 0.686. The minimum Gasteiger partial charge on any atom is -0.380 e. The van der Waals surface area contributed by atoms with Crippen LogP contribution in [0.2, 0.25) is 0 Å². The number of nitrogens with zero attached hydrogens (tertiary/aromatic N) is 2. The second kappa shape index (κ2) is 9.50. The minimum absolute atomic E-state index is 0.194. The van der Waals surface area contributed by atoms with E-state index in [-0.39, 0.29) is 6.04 Å². The first-order valence-corrected chi connectivity index (χ1v) is 7.14. The summed E-state index contributed by atoms with van der Waals surface area (Å²) in [5.41, 5.74) is 0. The molecule has 0 saturated carbocycles. The van der Waals surface area contributed by atoms with E-state index >= 15 is 0 Å². The summed E-state index contributed by atoms with van der Waals surface area (Å²) in [6.45, 7) is 8.82. The maximum Gasteiger partial charge on any atom is 0.158 e. The highest BCUT2D eigenvalue weighted by molar-refractivity contribution is 5.48. The van der Waals surface area contributed by atoms with E-state index in [9.17, 15) is 0 Å². The molecule has 1 aromatic heterocycles. The number of ether oxygens (including phenoxy) is 2. The largest absolute Gasteiger partial charge is 0.380 e. The fourth-order valence-electron chi connectivity index (χ4n) is 1.70. The predicted octanol–water partition coefficient (Wildman–Crippen LogP) is 2.28. The van der Waals surface area contributed by atoms with Crippen LogP contribution in [0.3, 0.4) is 0 Å². The van der Waals surface area contributed by atoms with E-state index in [1.807, 2.05) is 13.0 Å². The van der Waals surface area contributed by atoms with E-state index in [1.54, 1.807) is 7.11 Å². The first-order valence-electron chi connectivity index (χ1n) is 7.14. The molecule has 1 atom stereocenters. The van der Waals surface area contributed by atoms with E-state index in [2.05, 4.69) is 34.4 Å². The average molecular weight is 282 g/mol. The summed E-state index contributed by atoms with van der Waals surface area (Å²) >= 11 is 0. The Morgan fingerprint density at radius 1 is 1.25 bits per heavy atom. The third-order valence-electron chi connectivity index (χ3n) is 2.57. The van der Waals surface area contributed by atoms with Gasteiger partial charge >= 0.3 is 0 Å². The van der Waals surface area contributed by atoms with Crippen molar-refractivity contribution >= 4 is 11.6 Å². The van der Waals surface area contributed by atoms with Crippen LogP contribution in [0.25, 0.3) is 0 Å². The molecule has 0 saturated heterocycles. The third kappa shape index (κ3) is 6.16. The molecule has 0 amide bonds. The normalized spacial score (nSPS) is 12.2. The smallest absolute Gasteiger partial charge is 0.158 e. The zero-order valence-corrected chi connectivity index (χ0v) is 12.9. The van der Waals surface area contributed by atoms with Gasteiger partial charge in [-0.15, -0.1) is 0 Å². The van der Waals surface area contributed by atoms with Gasteiger partial charge in [0.2, 0.25) is 0 Å². The second-order valence-electron chi connectivity index (χ2n) is 4.62. The van der Waals surface area contributed by atoms with Gasteiger partial charge in [-0.25, -0.2) is 9.97 Å². The van der Waals surface area contributed by atoms with Crippen LogP contribution in [0.15, 0.2) is 6.07 Å². The summed E-state index contributed by atoms with van der Waals surface area (Å²) in [5.74, 6) is 2.28. The Labute approximate surface area is 121 Å². The molecule has 0 aliphatic heterocycles. The van der Waals surface area contributed by atoms with Crippen molar-refractivity contribution < 1.29 is 9.47 Å². The Hall–Kier alpha value is -1.40. The molecule has 0 radical (unpaired) electrons. The molecule has 0 aromatic carbocycles. The average Bonchev–Trinajstić information content (AvgIpc) is 2.43. The van der Waals surface area contributed by atoms with Gasteiger partial charge in [-0.05, 0) is 20.3 Å². The molecule has 0 aliphatic rings. The van der Waals surface area contributed by atoms with Gasteiger partial charge in [-0.1, -0.05) is 6.92 Å². The molecule has 114 valence electrons. The number of nitrogens with one attached hydrogen (secondary N) is 2. The van der Waals surface area contributed by atoms with Crippen molar-refractivity contribution in [2.75, 3.05) is 37.5 Å². The van der Waals surface area contributed by atoms with Gasteiger partial charge in [0.25, 0.3) is 0 Å². The molecule has 1 heterocycles. The lowest BCUT2D eigenvalue weighted by Crippen LogP contribution is -2.23. The SMILES string of the molecule is CCCNc1cc(NC(C)COCC)nc(COC)n1. The van der Waals surface area contributed by atoms with E-state index < -0.39 is 0 Å². The van der Waals surface area contributed by atoms with Crippen LogP contribution in [0.1, 0.15) is 33.0 Å². The molecule has 1 aromatic rings. The molecular formula is C14H26N4O2. The zero-order valence-electron chi connectivity index (χ0n) is 12.9. The first kappa shape index (κ1) is 16.7. The minimum atomic E-state index is 0.194. The Morgan fingerprint density at radius 2 is 2.00 bits per heavy atom. The number of hydrogen-bond donors (Lipinski definition) is 2. The maximum atomic E-state index is 5.39. The van der Waals surface area contributed by atoms with Gasteiger partial charge in [-0.3, -0.25) is 0 Å². The van der Waals surface area contributed by atoms with Gasteiger partial charge in [0.05, 0.1) is 6.61 Å². The lowest BCUT2D eigenvalue weighted by atomic mass is 10.3. The van der Waals surface area contributed by atoms with Crippen LogP contribution in [0.5, 0.6) is 0 Å². The van der Waals surface area contributed by atoms with Gasteiger partial charge in [-0.2, -0.15) is 0 Å². The van der Waals surface area contributed by atoms with Crippen LogP contribution in [0, 0.1) is 0 Å². The number of methoxy groups -OCH3 is 1. The molecule has 1 unspecified atom stereocenters. The van der Waals surface area contributed by atoms with E-state index in [4.69, 9.17) is 9.47 Å². The maximum absolute atomic E-state index is 5.39. The fraction of sp³-hybridized carbons (Fsp3) is 0.714. The lowest BCUT2D eigenvalue weighted by Gasteiger charge is -2.16. The molecule has 0 fully saturated rings. The summed E-state index contributed by atoms with van der Waals surface area (Å²) in [4.78, 5) is 8.85. The fourth-order valence-corrected chi connectivity index (χ4v) is 1.70. The van der Waals surface area contributed by atoms with Crippen molar-refractivity contribution in [2.45, 2.75) is 39.8 Å². The van der Waals surface area contributed by atoms with Crippen LogP contribution in [0.4, 0.5) is 11.6 Å². The van der Waals surface area contributed by atoms with E-state index in [0.717, 1.165) is 24.6 Å². The highest BCUT2D eigenvalue weighted by atomic mass is 16.5. The number of aromatic nitrogens is 2. The number of hydrogen-bond acceptors (Lipinski definition) is 6. The Bertz CT molecular complexity index is 387. The van der Waals surface area contributed by atoms with E-state index in [0.29, 0.717) is 25.6 Å². The lowest BCUT2D eigenvalue weighted by molar-refractivity contribution is 0.141. The molecule has 20 heavy (non-hydrogen) atoms. The standard InChI is InChI=1S/C14H26N4O2/c1-5-7-15-12-8-13(16-11(3)9-20-6-2)18-14(17-12)10-19-4/h8,11H,5-7,9-10H2,1-4H3,(H2,15,16,17,18). The van der Waals surface area contributed by atoms with Crippen molar-refractivity contribution in [1.29, 1.82) is 0 Å². The predicted molar refractivity (Wildman–Crippen MR) is 81.1 cm³/mol. The van der Waals surface area contributed by atoms with Crippen molar-refractivity contribution in [3.05, 3.63) is 11.9 Å². The van der Waals surface area contributed by atoms with Crippen LogP contribution in [-0.2, 0) is 16.1 Å². The number of rotatable bonds is 10. The van der Waals surface area contributed by atoms with Gasteiger partial charge in [0, 0.05) is 32.4 Å². The van der Waals surface area contributed by atoms with E-state index in [1.165, 1.54) is 0 Å². The molecule has 1 rings (SSSR count). The molecule has 0 spiro atoms. The molecule has 6 nitrogen and oxygen atoms in total. The zero-order chi connectivity index (χ0) is 14.8. The third-order valence-corrected chi connectivity index (χ3v) is 2.57. The summed E-state index contributed by atoms with van der Waals surface area (Å²) in [6.07, 6.45) is 1.05. The molecule has 2 N–H and O–H groups in total. The summed E-state index contributed by atoms with van der Waals surface area (Å²) in [5, 5.41) is 6.59. The van der Waals surface area contributed by atoms with Crippen molar-refractivity contribution in [1.82, 2.24) is 9.97 Å². The molecule has 0 aliphatic carbocycles. The highest BCUT2D eigenvalue weighted by Crippen LogP contribution is 2.13. The second-order valence-corrected chi connectivity index (χ2v) is 4.62. The topological polar surface area (TPSA) is 68.3 Å². The number of anilines is 2. The highest BCUT2D eigenvalue weighted by Gasteiger charge is 2.07.